The van der Waals surface area contributed by atoms with Crippen LogP contribution in [0.4, 0.5) is 8.78 Å². The molecule has 0 saturated carbocycles. The minimum atomic E-state index is -1.01. The first-order valence-corrected chi connectivity index (χ1v) is 12.1. The predicted molar refractivity (Wildman–Crippen MR) is 135 cm³/mol. The molecule has 37 heavy (non-hydrogen) atoms. The summed E-state index contributed by atoms with van der Waals surface area (Å²) in [5.41, 5.74) is 1.41. The maximum atomic E-state index is 13.6. The summed E-state index contributed by atoms with van der Waals surface area (Å²) in [5, 5.41) is 6.58. The molecule has 1 amide bonds. The number of benzene rings is 2. The predicted octanol–water partition coefficient (Wildman–Crippen LogP) is 3.96. The highest BCUT2D eigenvalue weighted by atomic mass is 32.1. The SMILES string of the molecule is O=C(N[C@H](COc1ccc2[nH]c(=O)[nH]c2c1)c1ccsc1)c1cccn(Cc2ccc(F)c(F)c2)c1=O. The Kier molecular flexibility index (Phi) is 6.69. The summed E-state index contributed by atoms with van der Waals surface area (Å²) in [6.07, 6.45) is 1.47. The molecule has 0 spiro atoms. The van der Waals surface area contributed by atoms with Gasteiger partial charge in [0, 0.05) is 12.3 Å². The lowest BCUT2D eigenvalue weighted by molar-refractivity contribution is 0.0919. The number of nitrogens with zero attached hydrogens (tertiary/aromatic N) is 1. The molecular weight excluding hydrogens is 502 g/mol. The molecule has 0 unspecified atom stereocenters. The number of rotatable bonds is 8. The zero-order valence-electron chi connectivity index (χ0n) is 19.2. The first-order valence-electron chi connectivity index (χ1n) is 11.2. The van der Waals surface area contributed by atoms with E-state index in [9.17, 15) is 23.2 Å². The smallest absolute Gasteiger partial charge is 0.323 e. The summed E-state index contributed by atoms with van der Waals surface area (Å²) in [4.78, 5) is 43.0. The molecule has 3 heterocycles. The van der Waals surface area contributed by atoms with Gasteiger partial charge in [0.1, 0.15) is 17.9 Å². The number of nitrogens with one attached hydrogen (secondary N) is 3. The highest BCUT2D eigenvalue weighted by Gasteiger charge is 2.20. The van der Waals surface area contributed by atoms with E-state index in [1.807, 2.05) is 16.8 Å². The molecule has 8 nitrogen and oxygen atoms in total. The Labute approximate surface area is 212 Å². The summed E-state index contributed by atoms with van der Waals surface area (Å²) in [7, 11) is 0. The first-order chi connectivity index (χ1) is 17.9. The minimum absolute atomic E-state index is 0.0298. The lowest BCUT2D eigenvalue weighted by atomic mass is 10.1. The highest BCUT2D eigenvalue weighted by Crippen LogP contribution is 2.21. The highest BCUT2D eigenvalue weighted by molar-refractivity contribution is 7.08. The van der Waals surface area contributed by atoms with Crippen molar-refractivity contribution in [2.75, 3.05) is 6.61 Å². The summed E-state index contributed by atoms with van der Waals surface area (Å²) in [6.45, 7) is 0.0382. The van der Waals surface area contributed by atoms with Crippen LogP contribution < -0.4 is 21.3 Å². The number of hydrogen-bond donors (Lipinski definition) is 3. The number of H-pyrrole nitrogens is 2. The van der Waals surface area contributed by atoms with Gasteiger partial charge in [-0.05, 0) is 64.4 Å². The van der Waals surface area contributed by atoms with Gasteiger partial charge in [0.2, 0.25) is 0 Å². The average Bonchev–Trinajstić information content (AvgIpc) is 3.54. The topological polar surface area (TPSA) is 109 Å². The van der Waals surface area contributed by atoms with Crippen LogP contribution in [-0.2, 0) is 6.54 Å². The van der Waals surface area contributed by atoms with Crippen LogP contribution in [0, 0.1) is 11.6 Å². The number of fused-ring (bicyclic) bond motifs is 1. The number of aromatic amines is 2. The Morgan fingerprint density at radius 1 is 1.03 bits per heavy atom. The van der Waals surface area contributed by atoms with Crippen LogP contribution in [0.2, 0.25) is 0 Å². The van der Waals surface area contributed by atoms with Gasteiger partial charge in [-0.1, -0.05) is 6.07 Å². The Hall–Kier alpha value is -4.51. The number of thiophene rings is 1. The molecule has 0 aliphatic carbocycles. The summed E-state index contributed by atoms with van der Waals surface area (Å²) < 4.78 is 34.0. The molecule has 5 aromatic rings. The van der Waals surface area contributed by atoms with Crippen molar-refractivity contribution in [2.45, 2.75) is 12.6 Å². The summed E-state index contributed by atoms with van der Waals surface area (Å²) in [5.74, 6) is -2.10. The molecule has 2 aromatic carbocycles. The van der Waals surface area contributed by atoms with Crippen molar-refractivity contribution < 1.29 is 18.3 Å². The van der Waals surface area contributed by atoms with Crippen molar-refractivity contribution >= 4 is 28.3 Å². The minimum Gasteiger partial charge on any atom is -0.491 e. The average molecular weight is 523 g/mol. The van der Waals surface area contributed by atoms with Crippen molar-refractivity contribution in [3.8, 4) is 5.75 Å². The van der Waals surface area contributed by atoms with Crippen LogP contribution in [-0.4, -0.2) is 27.0 Å². The Morgan fingerprint density at radius 2 is 1.86 bits per heavy atom. The van der Waals surface area contributed by atoms with E-state index in [4.69, 9.17) is 4.74 Å². The number of carbonyl (C=O) groups excluding carboxylic acids is 1. The van der Waals surface area contributed by atoms with Gasteiger partial charge in [-0.25, -0.2) is 13.6 Å². The Bertz CT molecular complexity index is 1690. The number of carbonyl (C=O) groups is 1. The van der Waals surface area contributed by atoms with E-state index < -0.39 is 29.1 Å². The quantitative estimate of drug-likeness (QED) is 0.287. The lowest BCUT2D eigenvalue weighted by Crippen LogP contribution is -2.37. The van der Waals surface area contributed by atoms with Crippen molar-refractivity contribution in [2.24, 2.45) is 0 Å². The van der Waals surface area contributed by atoms with Crippen molar-refractivity contribution in [1.82, 2.24) is 19.9 Å². The molecule has 0 saturated heterocycles. The van der Waals surface area contributed by atoms with Crippen LogP contribution in [0.5, 0.6) is 5.75 Å². The standard InChI is InChI=1S/C26H20F2N4O4S/c27-19-5-3-15(10-20(19)28)12-32-8-1-2-18(25(32)34)24(33)29-23(16-7-9-37-14-16)13-36-17-4-6-21-22(11-17)31-26(35)30-21/h1-11,14,23H,12-13H2,(H,29,33)(H2,30,31,35)/t23-/m1/s1. The summed E-state index contributed by atoms with van der Waals surface area (Å²) in [6, 6.07) is 12.7. The maximum absolute atomic E-state index is 13.6. The van der Waals surface area contributed by atoms with E-state index in [0.29, 0.717) is 22.3 Å². The van der Waals surface area contributed by atoms with Gasteiger partial charge in [0.25, 0.3) is 11.5 Å². The second-order valence-electron chi connectivity index (χ2n) is 8.28. The van der Waals surface area contributed by atoms with E-state index in [2.05, 4.69) is 15.3 Å². The molecule has 3 aromatic heterocycles. The molecule has 0 aliphatic rings. The van der Waals surface area contributed by atoms with Crippen LogP contribution in [0.3, 0.4) is 0 Å². The molecule has 188 valence electrons. The van der Waals surface area contributed by atoms with Crippen LogP contribution in [0.15, 0.2) is 81.1 Å². The van der Waals surface area contributed by atoms with E-state index in [0.717, 1.165) is 17.7 Å². The zero-order valence-corrected chi connectivity index (χ0v) is 20.0. The van der Waals surface area contributed by atoms with Crippen LogP contribution >= 0.6 is 11.3 Å². The van der Waals surface area contributed by atoms with Crippen molar-refractivity contribution in [3.05, 3.63) is 121 Å². The van der Waals surface area contributed by atoms with E-state index in [1.165, 1.54) is 34.2 Å². The molecule has 1 atom stereocenters. The fourth-order valence-electron chi connectivity index (χ4n) is 3.88. The van der Waals surface area contributed by atoms with E-state index in [1.54, 1.807) is 24.3 Å². The monoisotopic (exact) mass is 522 g/mol. The van der Waals surface area contributed by atoms with Gasteiger partial charge in [-0.2, -0.15) is 11.3 Å². The van der Waals surface area contributed by atoms with Crippen molar-refractivity contribution in [3.63, 3.8) is 0 Å². The number of aromatic nitrogens is 3. The van der Waals surface area contributed by atoms with Gasteiger partial charge in [0.15, 0.2) is 11.6 Å². The number of ether oxygens (including phenoxy) is 1. The van der Waals surface area contributed by atoms with Gasteiger partial charge in [-0.3, -0.25) is 9.59 Å². The van der Waals surface area contributed by atoms with Gasteiger partial charge in [0.05, 0.1) is 23.6 Å². The zero-order chi connectivity index (χ0) is 25.9. The molecule has 11 heteroatoms. The van der Waals surface area contributed by atoms with Crippen LogP contribution in [0.1, 0.15) is 27.5 Å². The third kappa shape index (κ3) is 5.36. The number of amides is 1. The fourth-order valence-corrected chi connectivity index (χ4v) is 4.59. The van der Waals surface area contributed by atoms with Gasteiger partial charge >= 0.3 is 5.69 Å². The number of hydrogen-bond acceptors (Lipinski definition) is 5. The largest absolute Gasteiger partial charge is 0.491 e. The fraction of sp³-hybridized carbons (Fsp3) is 0.115. The van der Waals surface area contributed by atoms with Crippen LogP contribution in [0.25, 0.3) is 11.0 Å². The third-order valence-corrected chi connectivity index (χ3v) is 6.46. The first kappa shape index (κ1) is 24.2. The molecule has 0 aliphatic heterocycles. The number of imidazole rings is 1. The van der Waals surface area contributed by atoms with Gasteiger partial charge in [-0.15, -0.1) is 0 Å². The van der Waals surface area contributed by atoms with Gasteiger partial charge < -0.3 is 24.6 Å². The van der Waals surface area contributed by atoms with E-state index >= 15 is 0 Å². The third-order valence-electron chi connectivity index (χ3n) is 5.76. The summed E-state index contributed by atoms with van der Waals surface area (Å²) >= 11 is 1.45. The molecule has 0 fully saturated rings. The lowest BCUT2D eigenvalue weighted by Gasteiger charge is -2.19. The Morgan fingerprint density at radius 3 is 2.65 bits per heavy atom. The number of halogens is 2. The Balaban J connectivity index is 1.34. The number of pyridine rings is 1. The van der Waals surface area contributed by atoms with Crippen molar-refractivity contribution in [1.29, 1.82) is 0 Å². The molecular formula is C26H20F2N4O4S. The van der Waals surface area contributed by atoms with E-state index in [-0.39, 0.29) is 24.4 Å². The molecule has 0 radical (unpaired) electrons. The molecule has 3 N–H and O–H groups in total. The second kappa shape index (κ2) is 10.2. The normalized spacial score (nSPS) is 11.9. The maximum Gasteiger partial charge on any atom is 0.323 e. The molecule has 5 rings (SSSR count). The molecule has 0 bridgehead atoms. The second-order valence-corrected chi connectivity index (χ2v) is 9.06.